The fraction of sp³-hybridized carbons (Fsp3) is 0.111. The molecule has 0 aliphatic heterocycles. The van der Waals surface area contributed by atoms with Gasteiger partial charge in [-0.1, -0.05) is 90.5 Å². The van der Waals surface area contributed by atoms with Crippen molar-refractivity contribution in [3.8, 4) is 5.75 Å². The van der Waals surface area contributed by atoms with Crippen molar-refractivity contribution in [2.75, 3.05) is 0 Å². The number of hydrogen-bond acceptors (Lipinski definition) is 5. The maximum Gasteiger partial charge on any atom is 0.339 e. The molecule has 0 saturated carbocycles. The number of nitrogens with two attached hydrogens (primary N) is 1. The third-order valence-electron chi connectivity index (χ3n) is 5.63. The SMILES string of the molecule is Cc1ccc(S(=O)(=O)Oc2ccc([C@@H](N)C(O)(c3ccccc3)c3ccccc3)cc2)cc1. The molecule has 0 spiro atoms. The van der Waals surface area contributed by atoms with Gasteiger partial charge in [-0.3, -0.25) is 0 Å². The van der Waals surface area contributed by atoms with E-state index in [2.05, 4.69) is 0 Å². The Bertz CT molecular complexity index is 1260. The van der Waals surface area contributed by atoms with Crippen LogP contribution in [0.3, 0.4) is 0 Å². The molecule has 0 amide bonds. The van der Waals surface area contributed by atoms with E-state index in [4.69, 9.17) is 9.92 Å². The van der Waals surface area contributed by atoms with E-state index in [9.17, 15) is 13.5 Å². The van der Waals surface area contributed by atoms with Crippen molar-refractivity contribution in [2.24, 2.45) is 5.73 Å². The molecule has 0 unspecified atom stereocenters. The minimum absolute atomic E-state index is 0.0800. The Morgan fingerprint density at radius 3 is 1.73 bits per heavy atom. The quantitative estimate of drug-likeness (QED) is 0.391. The van der Waals surface area contributed by atoms with Gasteiger partial charge in [-0.2, -0.15) is 8.42 Å². The largest absolute Gasteiger partial charge is 0.379 e. The molecule has 5 nitrogen and oxygen atoms in total. The first-order chi connectivity index (χ1) is 15.8. The van der Waals surface area contributed by atoms with E-state index in [1.54, 1.807) is 24.3 Å². The molecule has 0 fully saturated rings. The van der Waals surface area contributed by atoms with Crippen LogP contribution in [0.5, 0.6) is 5.75 Å². The van der Waals surface area contributed by atoms with Gasteiger partial charge in [0.05, 0.1) is 6.04 Å². The van der Waals surface area contributed by atoms with Crippen molar-refractivity contribution >= 4 is 10.1 Å². The molecule has 33 heavy (non-hydrogen) atoms. The minimum Gasteiger partial charge on any atom is -0.379 e. The van der Waals surface area contributed by atoms with Crippen LogP contribution < -0.4 is 9.92 Å². The van der Waals surface area contributed by atoms with Crippen LogP contribution in [0, 0.1) is 6.92 Å². The monoisotopic (exact) mass is 459 g/mol. The molecule has 0 heterocycles. The zero-order chi connectivity index (χ0) is 23.5. The molecular weight excluding hydrogens is 434 g/mol. The molecule has 6 heteroatoms. The van der Waals surface area contributed by atoms with E-state index in [-0.39, 0.29) is 10.6 Å². The first kappa shape index (κ1) is 22.7. The normalized spacial score (nSPS) is 12.8. The number of aliphatic hydroxyl groups is 1. The predicted octanol–water partition coefficient (Wildman–Crippen LogP) is 4.70. The summed E-state index contributed by atoms with van der Waals surface area (Å²) in [4.78, 5) is 0.0800. The van der Waals surface area contributed by atoms with Crippen LogP contribution in [-0.2, 0) is 15.7 Å². The van der Waals surface area contributed by atoms with Crippen LogP contribution in [0.15, 0.2) is 114 Å². The molecule has 0 saturated heterocycles. The summed E-state index contributed by atoms with van der Waals surface area (Å²) in [6.45, 7) is 1.88. The van der Waals surface area contributed by atoms with Gasteiger partial charge >= 0.3 is 10.1 Å². The average molecular weight is 460 g/mol. The summed E-state index contributed by atoms with van der Waals surface area (Å²) in [6.07, 6.45) is 0. The maximum atomic E-state index is 12.6. The Hall–Kier alpha value is -3.45. The van der Waals surface area contributed by atoms with Gasteiger partial charge in [-0.25, -0.2) is 0 Å². The van der Waals surface area contributed by atoms with Gasteiger partial charge in [-0.05, 0) is 47.9 Å². The van der Waals surface area contributed by atoms with Crippen LogP contribution in [-0.4, -0.2) is 13.5 Å². The van der Waals surface area contributed by atoms with Crippen LogP contribution in [0.4, 0.5) is 0 Å². The molecular formula is C27H25NO4S. The van der Waals surface area contributed by atoms with Gasteiger partial charge in [0.1, 0.15) is 16.2 Å². The Balaban J connectivity index is 1.64. The van der Waals surface area contributed by atoms with Gasteiger partial charge in [0, 0.05) is 0 Å². The Morgan fingerprint density at radius 2 is 1.24 bits per heavy atom. The summed E-state index contributed by atoms with van der Waals surface area (Å²) in [7, 11) is -3.96. The highest BCUT2D eigenvalue weighted by molar-refractivity contribution is 7.87. The predicted molar refractivity (Wildman–Crippen MR) is 128 cm³/mol. The number of rotatable bonds is 7. The lowest BCUT2D eigenvalue weighted by Crippen LogP contribution is -2.39. The van der Waals surface area contributed by atoms with E-state index < -0.39 is 21.8 Å². The summed E-state index contributed by atoms with van der Waals surface area (Å²) >= 11 is 0. The summed E-state index contributed by atoms with van der Waals surface area (Å²) in [5.41, 5.74) is 8.03. The second kappa shape index (κ2) is 9.19. The van der Waals surface area contributed by atoms with Gasteiger partial charge in [0.2, 0.25) is 0 Å². The lowest BCUT2D eigenvalue weighted by atomic mass is 9.78. The van der Waals surface area contributed by atoms with Crippen LogP contribution in [0.25, 0.3) is 0 Å². The van der Waals surface area contributed by atoms with Gasteiger partial charge in [-0.15, -0.1) is 0 Å². The van der Waals surface area contributed by atoms with E-state index in [1.165, 1.54) is 24.3 Å². The van der Waals surface area contributed by atoms with Gasteiger partial charge < -0.3 is 15.0 Å². The lowest BCUT2D eigenvalue weighted by molar-refractivity contribution is 0.0512. The van der Waals surface area contributed by atoms with Crippen molar-refractivity contribution in [1.82, 2.24) is 0 Å². The Morgan fingerprint density at radius 1 is 0.758 bits per heavy atom. The van der Waals surface area contributed by atoms with Gasteiger partial charge in [0.15, 0.2) is 0 Å². The van der Waals surface area contributed by atoms with Crippen molar-refractivity contribution in [3.63, 3.8) is 0 Å². The number of benzene rings is 4. The van der Waals surface area contributed by atoms with Crippen LogP contribution in [0.1, 0.15) is 28.3 Å². The second-order valence-corrected chi connectivity index (χ2v) is 9.44. The van der Waals surface area contributed by atoms with Crippen molar-refractivity contribution in [1.29, 1.82) is 0 Å². The van der Waals surface area contributed by atoms with E-state index >= 15 is 0 Å². The first-order valence-corrected chi connectivity index (χ1v) is 11.9. The highest BCUT2D eigenvalue weighted by Crippen LogP contribution is 2.40. The zero-order valence-corrected chi connectivity index (χ0v) is 18.9. The molecule has 0 aliphatic carbocycles. The fourth-order valence-corrected chi connectivity index (χ4v) is 4.69. The molecule has 168 valence electrons. The molecule has 0 radical (unpaired) electrons. The van der Waals surface area contributed by atoms with Crippen molar-refractivity contribution in [2.45, 2.75) is 23.5 Å². The topological polar surface area (TPSA) is 89.6 Å². The molecule has 4 aromatic carbocycles. The number of hydrogen-bond donors (Lipinski definition) is 2. The summed E-state index contributed by atoms with van der Waals surface area (Å²) in [5.74, 6) is 0.162. The molecule has 4 rings (SSSR count). The Kier molecular flexibility index (Phi) is 6.33. The summed E-state index contributed by atoms with van der Waals surface area (Å²) in [5, 5.41) is 11.9. The van der Waals surface area contributed by atoms with Crippen molar-refractivity contribution < 1.29 is 17.7 Å². The van der Waals surface area contributed by atoms with E-state index in [1.807, 2.05) is 67.6 Å². The van der Waals surface area contributed by atoms with E-state index in [0.717, 1.165) is 5.56 Å². The third-order valence-corrected chi connectivity index (χ3v) is 6.89. The smallest absolute Gasteiger partial charge is 0.339 e. The highest BCUT2D eigenvalue weighted by Gasteiger charge is 2.39. The van der Waals surface area contributed by atoms with E-state index in [0.29, 0.717) is 16.7 Å². The molecule has 0 aliphatic rings. The third kappa shape index (κ3) is 4.68. The van der Waals surface area contributed by atoms with Crippen molar-refractivity contribution in [3.05, 3.63) is 131 Å². The Labute approximate surface area is 194 Å². The molecule has 0 aromatic heterocycles. The maximum absolute atomic E-state index is 12.6. The number of aryl methyl sites for hydroxylation is 1. The van der Waals surface area contributed by atoms with Gasteiger partial charge in [0.25, 0.3) is 0 Å². The standard InChI is InChI=1S/C27H25NO4S/c1-20-12-18-25(19-13-20)33(30,31)32-24-16-14-21(15-17-24)26(28)27(29,22-8-4-2-5-9-22)23-10-6-3-7-11-23/h2-19,26,29H,28H2,1H3/t26-/m1/s1. The van der Waals surface area contributed by atoms with Crippen LogP contribution in [0.2, 0.25) is 0 Å². The summed E-state index contributed by atoms with van der Waals surface area (Å²) in [6, 6.07) is 30.5. The highest BCUT2D eigenvalue weighted by atomic mass is 32.2. The average Bonchev–Trinajstić information content (AvgIpc) is 2.85. The molecule has 0 bridgehead atoms. The lowest BCUT2D eigenvalue weighted by Gasteiger charge is -2.35. The first-order valence-electron chi connectivity index (χ1n) is 10.5. The summed E-state index contributed by atoms with van der Waals surface area (Å²) < 4.78 is 30.4. The van der Waals surface area contributed by atoms with Crippen LogP contribution >= 0.6 is 0 Å². The minimum atomic E-state index is -3.96. The molecule has 1 atom stereocenters. The second-order valence-electron chi connectivity index (χ2n) is 7.90. The fourth-order valence-electron chi connectivity index (χ4n) is 3.76. The molecule has 3 N–H and O–H groups in total. The molecule has 4 aromatic rings. The zero-order valence-electron chi connectivity index (χ0n) is 18.1.